The Balaban J connectivity index is 1.82. The number of carbonyl (C=O) groups excluding carboxylic acids is 1. The molecule has 1 fully saturated rings. The minimum atomic E-state index is -2.84. The maximum atomic E-state index is 12.1. The van der Waals surface area contributed by atoms with Crippen molar-refractivity contribution in [2.75, 3.05) is 6.54 Å². The number of ether oxygens (including phenoxy) is 1. The van der Waals surface area contributed by atoms with Crippen LogP contribution in [-0.4, -0.2) is 25.0 Å². The van der Waals surface area contributed by atoms with Gasteiger partial charge in [0.25, 0.3) is 0 Å². The minimum Gasteiger partial charge on any atom is -0.435 e. The van der Waals surface area contributed by atoms with Crippen molar-refractivity contribution in [3.8, 4) is 5.75 Å². The van der Waals surface area contributed by atoms with Crippen LogP contribution in [-0.2, 0) is 0 Å². The van der Waals surface area contributed by atoms with Crippen LogP contribution in [0.2, 0.25) is 0 Å². The van der Waals surface area contributed by atoms with Gasteiger partial charge in [0.2, 0.25) is 0 Å². The van der Waals surface area contributed by atoms with E-state index in [4.69, 9.17) is 0 Å². The summed E-state index contributed by atoms with van der Waals surface area (Å²) in [5.41, 5.74) is 0.512. The molecule has 0 saturated heterocycles. The van der Waals surface area contributed by atoms with E-state index in [1.807, 2.05) is 0 Å². The zero-order valence-electron chi connectivity index (χ0n) is 12.0. The van der Waals surface area contributed by atoms with E-state index in [9.17, 15) is 13.6 Å². The molecule has 2 rings (SSSR count). The Morgan fingerprint density at radius 2 is 1.76 bits per heavy atom. The van der Waals surface area contributed by atoms with Crippen LogP contribution in [0.15, 0.2) is 24.3 Å². The zero-order chi connectivity index (χ0) is 15.1. The van der Waals surface area contributed by atoms with Gasteiger partial charge in [-0.25, -0.2) is 0 Å². The molecule has 0 heterocycles. The largest absolute Gasteiger partial charge is 0.435 e. The molecule has 1 saturated carbocycles. The van der Waals surface area contributed by atoms with E-state index < -0.39 is 6.61 Å². The number of Topliss-reactive ketones (excluding diaryl/α,β-unsaturated/α-hetero) is 1. The summed E-state index contributed by atoms with van der Waals surface area (Å²) >= 11 is 0. The number of rotatable bonds is 6. The van der Waals surface area contributed by atoms with Gasteiger partial charge >= 0.3 is 6.61 Å². The summed E-state index contributed by atoms with van der Waals surface area (Å²) in [6, 6.07) is 6.25. The van der Waals surface area contributed by atoms with Gasteiger partial charge in [-0.15, -0.1) is 0 Å². The van der Waals surface area contributed by atoms with Crippen LogP contribution in [0, 0.1) is 0 Å². The summed E-state index contributed by atoms with van der Waals surface area (Å²) in [5.74, 6) is 0.0427. The van der Waals surface area contributed by atoms with E-state index in [1.165, 1.54) is 49.9 Å². The molecule has 0 aliphatic heterocycles. The van der Waals surface area contributed by atoms with Crippen molar-refractivity contribution >= 4 is 5.78 Å². The number of benzene rings is 1. The molecule has 0 bridgehead atoms. The standard InChI is InChI=1S/C16H21F2NO2/c17-16(18)21-14-9-7-12(8-10-14)15(20)11-19-13-5-3-1-2-4-6-13/h7-10,13,16,19H,1-6,11H2. The van der Waals surface area contributed by atoms with Crippen LogP contribution in [0.3, 0.4) is 0 Å². The van der Waals surface area contributed by atoms with Crippen molar-refractivity contribution in [1.29, 1.82) is 0 Å². The van der Waals surface area contributed by atoms with Crippen molar-refractivity contribution in [2.24, 2.45) is 0 Å². The summed E-state index contributed by atoms with van der Waals surface area (Å²) in [6.07, 6.45) is 7.22. The molecule has 0 atom stereocenters. The van der Waals surface area contributed by atoms with Crippen LogP contribution < -0.4 is 10.1 Å². The third-order valence-electron chi connectivity index (χ3n) is 3.81. The Bertz CT molecular complexity index is 440. The first-order valence-electron chi connectivity index (χ1n) is 7.46. The molecule has 0 amide bonds. The second-order valence-electron chi connectivity index (χ2n) is 5.40. The number of alkyl halides is 2. The number of ketones is 1. The lowest BCUT2D eigenvalue weighted by atomic mass is 10.1. The Kier molecular flexibility index (Phi) is 6.11. The van der Waals surface area contributed by atoms with E-state index >= 15 is 0 Å². The highest BCUT2D eigenvalue weighted by Crippen LogP contribution is 2.18. The average molecular weight is 297 g/mol. The van der Waals surface area contributed by atoms with E-state index in [2.05, 4.69) is 10.1 Å². The molecule has 0 aromatic heterocycles. The molecule has 1 aromatic carbocycles. The van der Waals surface area contributed by atoms with Gasteiger partial charge in [0.1, 0.15) is 5.75 Å². The van der Waals surface area contributed by atoms with Gasteiger partial charge < -0.3 is 10.1 Å². The Labute approximate surface area is 123 Å². The fraction of sp³-hybridized carbons (Fsp3) is 0.562. The highest BCUT2D eigenvalue weighted by molar-refractivity contribution is 5.97. The molecule has 0 unspecified atom stereocenters. The molecule has 0 spiro atoms. The second-order valence-corrected chi connectivity index (χ2v) is 5.40. The molecule has 3 nitrogen and oxygen atoms in total. The summed E-state index contributed by atoms with van der Waals surface area (Å²) in [4.78, 5) is 12.1. The van der Waals surface area contributed by atoms with Gasteiger partial charge in [0, 0.05) is 11.6 Å². The molecule has 116 valence electrons. The van der Waals surface area contributed by atoms with E-state index in [0.29, 0.717) is 18.2 Å². The molecular weight excluding hydrogens is 276 g/mol. The van der Waals surface area contributed by atoms with Crippen molar-refractivity contribution in [2.45, 2.75) is 51.2 Å². The topological polar surface area (TPSA) is 38.3 Å². The minimum absolute atomic E-state index is 0.0251. The quantitative estimate of drug-likeness (QED) is 0.641. The van der Waals surface area contributed by atoms with Gasteiger partial charge in [-0.1, -0.05) is 25.7 Å². The first kappa shape index (κ1) is 15.9. The third-order valence-corrected chi connectivity index (χ3v) is 3.81. The molecule has 0 radical (unpaired) electrons. The van der Waals surface area contributed by atoms with Gasteiger partial charge in [0.05, 0.1) is 6.54 Å². The SMILES string of the molecule is O=C(CNC1CCCCCC1)c1ccc(OC(F)F)cc1. The van der Waals surface area contributed by atoms with E-state index in [0.717, 1.165) is 12.8 Å². The lowest BCUT2D eigenvalue weighted by Gasteiger charge is -2.15. The van der Waals surface area contributed by atoms with Gasteiger partial charge in [-0.3, -0.25) is 4.79 Å². The molecule has 21 heavy (non-hydrogen) atoms. The summed E-state index contributed by atoms with van der Waals surface area (Å²) in [7, 11) is 0. The van der Waals surface area contributed by atoms with Crippen LogP contribution >= 0.6 is 0 Å². The third kappa shape index (κ3) is 5.42. The lowest BCUT2D eigenvalue weighted by molar-refractivity contribution is -0.0498. The molecular formula is C16H21F2NO2. The summed E-state index contributed by atoms with van der Waals surface area (Å²) in [5, 5.41) is 3.31. The molecule has 1 aliphatic rings. The first-order valence-corrected chi connectivity index (χ1v) is 7.46. The van der Waals surface area contributed by atoms with Crippen molar-refractivity contribution in [3.05, 3.63) is 29.8 Å². The van der Waals surface area contributed by atoms with Crippen molar-refractivity contribution < 1.29 is 18.3 Å². The fourth-order valence-corrected chi connectivity index (χ4v) is 2.64. The Morgan fingerprint density at radius 1 is 1.14 bits per heavy atom. The van der Waals surface area contributed by atoms with Crippen LogP contribution in [0.1, 0.15) is 48.9 Å². The normalized spacial score (nSPS) is 16.7. The summed E-state index contributed by atoms with van der Waals surface area (Å²) in [6.45, 7) is -2.55. The first-order chi connectivity index (χ1) is 10.1. The molecule has 1 N–H and O–H groups in total. The van der Waals surface area contributed by atoms with Crippen LogP contribution in [0.4, 0.5) is 8.78 Å². The van der Waals surface area contributed by atoms with Gasteiger partial charge in [0.15, 0.2) is 5.78 Å². The van der Waals surface area contributed by atoms with E-state index in [1.54, 1.807) is 0 Å². The van der Waals surface area contributed by atoms with E-state index in [-0.39, 0.29) is 11.5 Å². The predicted octanol–water partition coefficient (Wildman–Crippen LogP) is 3.78. The fourth-order valence-electron chi connectivity index (χ4n) is 2.64. The Hall–Kier alpha value is -1.49. The predicted molar refractivity (Wildman–Crippen MR) is 76.9 cm³/mol. The monoisotopic (exact) mass is 297 g/mol. The average Bonchev–Trinajstić information content (AvgIpc) is 2.73. The molecule has 1 aromatic rings. The maximum absolute atomic E-state index is 12.1. The summed E-state index contributed by atoms with van der Waals surface area (Å²) < 4.78 is 28.3. The smallest absolute Gasteiger partial charge is 0.387 e. The highest BCUT2D eigenvalue weighted by Gasteiger charge is 2.14. The van der Waals surface area contributed by atoms with Crippen LogP contribution in [0.25, 0.3) is 0 Å². The number of hydrogen-bond acceptors (Lipinski definition) is 3. The van der Waals surface area contributed by atoms with Gasteiger partial charge in [-0.2, -0.15) is 8.78 Å². The number of nitrogens with one attached hydrogen (secondary N) is 1. The number of hydrogen-bond donors (Lipinski definition) is 1. The Morgan fingerprint density at radius 3 is 2.33 bits per heavy atom. The van der Waals surface area contributed by atoms with Gasteiger partial charge in [-0.05, 0) is 37.1 Å². The highest BCUT2D eigenvalue weighted by atomic mass is 19.3. The lowest BCUT2D eigenvalue weighted by Crippen LogP contribution is -2.33. The number of carbonyl (C=O) groups is 1. The van der Waals surface area contributed by atoms with Crippen molar-refractivity contribution in [1.82, 2.24) is 5.32 Å². The molecule has 5 heteroatoms. The van der Waals surface area contributed by atoms with Crippen LogP contribution in [0.5, 0.6) is 5.75 Å². The zero-order valence-corrected chi connectivity index (χ0v) is 12.0. The second kappa shape index (κ2) is 8.08. The molecule has 1 aliphatic carbocycles. The number of halogens is 2. The van der Waals surface area contributed by atoms with Crippen molar-refractivity contribution in [3.63, 3.8) is 0 Å². The maximum Gasteiger partial charge on any atom is 0.387 e.